The third-order valence-electron chi connectivity index (χ3n) is 6.33. The van der Waals surface area contributed by atoms with Crippen LogP contribution in [0.1, 0.15) is 45.7 Å². The lowest BCUT2D eigenvalue weighted by Gasteiger charge is -2.33. The molecule has 3 aromatic rings. The molecule has 1 atom stereocenters. The van der Waals surface area contributed by atoms with Gasteiger partial charge in [-0.3, -0.25) is 13.9 Å². The molecule has 1 unspecified atom stereocenters. The van der Waals surface area contributed by atoms with Gasteiger partial charge in [0.15, 0.2) is 0 Å². The first-order valence-electron chi connectivity index (χ1n) is 13.5. The molecule has 0 heterocycles. The Morgan fingerprint density at radius 1 is 0.952 bits per heavy atom. The van der Waals surface area contributed by atoms with Gasteiger partial charge in [-0.1, -0.05) is 47.0 Å². The number of sulfonamides is 1. The summed E-state index contributed by atoms with van der Waals surface area (Å²) in [4.78, 5) is 28.6. The molecule has 0 aliphatic rings. The van der Waals surface area contributed by atoms with Crippen molar-refractivity contribution in [3.63, 3.8) is 0 Å². The molecule has 0 fully saturated rings. The molecule has 0 radical (unpaired) electrons. The minimum atomic E-state index is -4.20. The maximum absolute atomic E-state index is 14.0. The van der Waals surface area contributed by atoms with E-state index in [-0.39, 0.29) is 17.3 Å². The highest BCUT2D eigenvalue weighted by atomic mass is 35.5. The average molecular weight is 635 g/mol. The van der Waals surface area contributed by atoms with Crippen LogP contribution in [0.4, 0.5) is 5.69 Å². The van der Waals surface area contributed by atoms with Crippen molar-refractivity contribution >= 4 is 50.7 Å². The maximum atomic E-state index is 14.0. The Hall–Kier alpha value is -3.27. The number of rotatable bonds is 11. The number of aryl methyl sites for hydroxylation is 1. The van der Waals surface area contributed by atoms with Crippen LogP contribution >= 0.6 is 23.2 Å². The summed E-state index contributed by atoms with van der Waals surface area (Å²) in [6.07, 6.45) is 0. The third kappa shape index (κ3) is 8.63. The van der Waals surface area contributed by atoms with Crippen LogP contribution in [0.3, 0.4) is 0 Å². The second kappa shape index (κ2) is 13.8. The van der Waals surface area contributed by atoms with Crippen molar-refractivity contribution in [2.24, 2.45) is 0 Å². The Morgan fingerprint density at radius 2 is 1.57 bits per heavy atom. The van der Waals surface area contributed by atoms with E-state index >= 15 is 0 Å². The molecule has 3 aromatic carbocycles. The number of hydrogen-bond donors (Lipinski definition) is 1. The number of anilines is 1. The van der Waals surface area contributed by atoms with Crippen molar-refractivity contribution in [2.45, 2.75) is 64.6 Å². The molecule has 226 valence electrons. The first-order valence-corrected chi connectivity index (χ1v) is 15.7. The fourth-order valence-electron chi connectivity index (χ4n) is 4.13. The van der Waals surface area contributed by atoms with Crippen LogP contribution in [0.2, 0.25) is 10.0 Å². The Kier molecular flexibility index (Phi) is 10.9. The predicted octanol–water partition coefficient (Wildman–Crippen LogP) is 6.23. The zero-order chi connectivity index (χ0) is 31.2. The number of ether oxygens (including phenoxy) is 1. The second-order valence-electron chi connectivity index (χ2n) is 10.9. The highest BCUT2D eigenvalue weighted by molar-refractivity contribution is 7.92. The van der Waals surface area contributed by atoms with Crippen LogP contribution in [0, 0.1) is 6.92 Å². The van der Waals surface area contributed by atoms with E-state index in [0.29, 0.717) is 33.7 Å². The second-order valence-corrected chi connectivity index (χ2v) is 13.6. The van der Waals surface area contributed by atoms with Gasteiger partial charge in [0.25, 0.3) is 10.0 Å². The van der Waals surface area contributed by atoms with Gasteiger partial charge in [0.05, 0.1) is 27.2 Å². The van der Waals surface area contributed by atoms with E-state index in [1.165, 1.54) is 17.0 Å². The molecule has 0 bridgehead atoms. The summed E-state index contributed by atoms with van der Waals surface area (Å²) >= 11 is 12.3. The van der Waals surface area contributed by atoms with Gasteiger partial charge in [-0.15, -0.1) is 0 Å². The van der Waals surface area contributed by atoms with Crippen LogP contribution in [-0.2, 0) is 26.2 Å². The number of hydrogen-bond acceptors (Lipinski definition) is 5. The van der Waals surface area contributed by atoms with Gasteiger partial charge < -0.3 is 15.0 Å². The van der Waals surface area contributed by atoms with Gasteiger partial charge in [0, 0.05) is 12.1 Å². The van der Waals surface area contributed by atoms with Crippen molar-refractivity contribution in [2.75, 3.05) is 17.5 Å². The van der Waals surface area contributed by atoms with E-state index in [4.69, 9.17) is 27.9 Å². The number of nitrogens with one attached hydrogen (secondary N) is 1. The molecule has 8 nitrogen and oxygen atoms in total. The van der Waals surface area contributed by atoms with Crippen LogP contribution < -0.4 is 14.4 Å². The standard InChI is InChI=1S/C31H37Cl2N3O5S/c1-7-41-25-13-15-26(16-14-25)42(39,40)36(24-11-8-21(2)9-12-24)20-29(37)35(22(3)30(38)34-31(4,5)6)19-23-10-17-27(32)28(33)18-23/h8-18,22H,7,19-20H2,1-6H3,(H,34,38). The normalized spacial score (nSPS) is 12.4. The van der Waals surface area contributed by atoms with Gasteiger partial charge in [0.2, 0.25) is 11.8 Å². The fourth-order valence-corrected chi connectivity index (χ4v) is 5.87. The monoisotopic (exact) mass is 633 g/mol. The first kappa shape index (κ1) is 33.2. The van der Waals surface area contributed by atoms with E-state index in [1.54, 1.807) is 61.5 Å². The van der Waals surface area contributed by atoms with E-state index < -0.39 is 34.1 Å². The molecule has 11 heteroatoms. The molecule has 1 N–H and O–H groups in total. The topological polar surface area (TPSA) is 96.0 Å². The predicted molar refractivity (Wildman–Crippen MR) is 168 cm³/mol. The van der Waals surface area contributed by atoms with Crippen LogP contribution in [0.5, 0.6) is 5.75 Å². The summed E-state index contributed by atoms with van der Waals surface area (Å²) in [6, 6.07) is 16.9. The summed E-state index contributed by atoms with van der Waals surface area (Å²) < 4.78 is 34.5. The molecule has 2 amide bonds. The molecule has 0 aromatic heterocycles. The molecule has 42 heavy (non-hydrogen) atoms. The summed E-state index contributed by atoms with van der Waals surface area (Å²) in [5, 5.41) is 3.55. The molecule has 0 saturated carbocycles. The zero-order valence-electron chi connectivity index (χ0n) is 24.6. The lowest BCUT2D eigenvalue weighted by molar-refractivity contribution is -0.140. The lowest BCUT2D eigenvalue weighted by atomic mass is 10.1. The van der Waals surface area contributed by atoms with Crippen molar-refractivity contribution < 1.29 is 22.7 Å². The molecule has 0 aliphatic heterocycles. The maximum Gasteiger partial charge on any atom is 0.264 e. The minimum Gasteiger partial charge on any atom is -0.494 e. The number of benzene rings is 3. The van der Waals surface area contributed by atoms with E-state index in [2.05, 4.69) is 5.32 Å². The number of carbonyl (C=O) groups excluding carboxylic acids is 2. The van der Waals surface area contributed by atoms with Crippen molar-refractivity contribution in [3.8, 4) is 5.75 Å². The Labute approximate surface area is 258 Å². The quantitative estimate of drug-likeness (QED) is 0.270. The van der Waals surface area contributed by atoms with Gasteiger partial charge in [-0.2, -0.15) is 0 Å². The highest BCUT2D eigenvalue weighted by Crippen LogP contribution is 2.27. The number of carbonyl (C=O) groups is 2. The van der Waals surface area contributed by atoms with Gasteiger partial charge in [-0.05, 0) is 95.6 Å². The Balaban J connectivity index is 2.04. The first-order chi connectivity index (χ1) is 19.6. The van der Waals surface area contributed by atoms with E-state index in [0.717, 1.165) is 9.87 Å². The molecular weight excluding hydrogens is 597 g/mol. The molecule has 0 spiro atoms. The number of halogens is 2. The summed E-state index contributed by atoms with van der Waals surface area (Å²) in [6.45, 7) is 10.7. The molecular formula is C31H37Cl2N3O5S. The molecule has 0 saturated heterocycles. The summed E-state index contributed by atoms with van der Waals surface area (Å²) in [5.74, 6) is -0.430. The molecule has 3 rings (SSSR count). The fraction of sp³-hybridized carbons (Fsp3) is 0.355. The third-order valence-corrected chi connectivity index (χ3v) is 8.85. The Bertz CT molecular complexity index is 1510. The Morgan fingerprint density at radius 3 is 2.12 bits per heavy atom. The van der Waals surface area contributed by atoms with Crippen molar-refractivity contribution in [3.05, 3.63) is 87.9 Å². The average Bonchev–Trinajstić information content (AvgIpc) is 2.92. The largest absolute Gasteiger partial charge is 0.494 e. The van der Waals surface area contributed by atoms with E-state index in [9.17, 15) is 18.0 Å². The summed E-state index contributed by atoms with van der Waals surface area (Å²) in [7, 11) is -4.20. The van der Waals surface area contributed by atoms with Gasteiger partial charge in [-0.25, -0.2) is 8.42 Å². The zero-order valence-corrected chi connectivity index (χ0v) is 27.0. The van der Waals surface area contributed by atoms with Crippen molar-refractivity contribution in [1.82, 2.24) is 10.2 Å². The van der Waals surface area contributed by atoms with Gasteiger partial charge in [0.1, 0.15) is 18.3 Å². The lowest BCUT2D eigenvalue weighted by Crippen LogP contribution is -2.54. The highest BCUT2D eigenvalue weighted by Gasteiger charge is 2.33. The van der Waals surface area contributed by atoms with Crippen LogP contribution in [0.15, 0.2) is 71.6 Å². The van der Waals surface area contributed by atoms with E-state index in [1.807, 2.05) is 34.6 Å². The minimum absolute atomic E-state index is 0.000704. The number of amides is 2. The van der Waals surface area contributed by atoms with Gasteiger partial charge >= 0.3 is 0 Å². The summed E-state index contributed by atoms with van der Waals surface area (Å²) in [5.41, 5.74) is 1.32. The smallest absolute Gasteiger partial charge is 0.264 e. The van der Waals surface area contributed by atoms with Crippen LogP contribution in [-0.4, -0.2) is 49.9 Å². The van der Waals surface area contributed by atoms with Crippen molar-refractivity contribution in [1.29, 1.82) is 0 Å². The van der Waals surface area contributed by atoms with Crippen LogP contribution in [0.25, 0.3) is 0 Å². The SMILES string of the molecule is CCOc1ccc(S(=O)(=O)N(CC(=O)N(Cc2ccc(Cl)c(Cl)c2)C(C)C(=O)NC(C)(C)C)c2ccc(C)cc2)cc1. The molecule has 0 aliphatic carbocycles. The number of nitrogens with zero attached hydrogens (tertiary/aromatic N) is 2.